The third-order valence-electron chi connectivity index (χ3n) is 3.88. The quantitative estimate of drug-likeness (QED) is 0.731. The molecule has 1 atom stereocenters. The van der Waals surface area contributed by atoms with Gasteiger partial charge in [-0.05, 0) is 35.9 Å². The average Bonchev–Trinajstić information content (AvgIpc) is 2.94. The molecular weight excluding hydrogens is 437 g/mol. The largest absolute Gasteiger partial charge is 0.438 e. The van der Waals surface area contributed by atoms with Gasteiger partial charge in [0.05, 0.1) is 12.1 Å². The fraction of sp³-hybridized carbons (Fsp3) is 0.176. The fourth-order valence-electron chi connectivity index (χ4n) is 2.53. The van der Waals surface area contributed by atoms with Gasteiger partial charge in [-0.3, -0.25) is 4.79 Å². The molecule has 2 aromatic rings. The number of hydrazone groups is 1. The first-order valence-corrected chi connectivity index (χ1v) is 8.51. The minimum absolute atomic E-state index is 0.0484. The van der Waals surface area contributed by atoms with Crippen molar-refractivity contribution in [3.8, 4) is 0 Å². The Hall–Kier alpha value is -1.90. The van der Waals surface area contributed by atoms with Crippen LogP contribution in [0.4, 0.5) is 13.2 Å². The summed E-state index contributed by atoms with van der Waals surface area (Å²) in [6.45, 7) is 0. The second-order valence-electron chi connectivity index (χ2n) is 5.67. The third-order valence-corrected chi connectivity index (χ3v) is 4.64. The molecule has 2 aromatic carbocycles. The van der Waals surface area contributed by atoms with Gasteiger partial charge in [-0.1, -0.05) is 45.7 Å². The minimum Gasteiger partial charge on any atom is -0.362 e. The summed E-state index contributed by atoms with van der Waals surface area (Å²) in [5, 5.41) is 14.3. The normalized spacial score (nSPS) is 20.2. The molecule has 0 radical (unpaired) electrons. The van der Waals surface area contributed by atoms with E-state index in [-0.39, 0.29) is 21.3 Å². The number of benzene rings is 2. The van der Waals surface area contributed by atoms with Gasteiger partial charge in [-0.2, -0.15) is 23.3 Å². The molecule has 26 heavy (non-hydrogen) atoms. The van der Waals surface area contributed by atoms with Crippen molar-refractivity contribution in [1.82, 2.24) is 5.01 Å². The van der Waals surface area contributed by atoms with Crippen LogP contribution < -0.4 is 0 Å². The molecule has 0 aliphatic carbocycles. The van der Waals surface area contributed by atoms with Crippen LogP contribution in [-0.4, -0.2) is 33.6 Å². The van der Waals surface area contributed by atoms with E-state index in [4.69, 9.17) is 11.6 Å². The Morgan fingerprint density at radius 3 is 2.46 bits per heavy atom. The van der Waals surface area contributed by atoms with E-state index in [1.54, 1.807) is 24.3 Å². The van der Waals surface area contributed by atoms with Gasteiger partial charge in [-0.25, -0.2) is 0 Å². The number of aliphatic hydroxyl groups is 1. The molecule has 0 fully saturated rings. The van der Waals surface area contributed by atoms with Gasteiger partial charge in [0.15, 0.2) is 0 Å². The van der Waals surface area contributed by atoms with Crippen molar-refractivity contribution < 1.29 is 23.1 Å². The van der Waals surface area contributed by atoms with Crippen LogP contribution in [0.1, 0.15) is 22.3 Å². The molecule has 3 rings (SSSR count). The molecule has 0 saturated carbocycles. The first kappa shape index (κ1) is 18.9. The maximum atomic E-state index is 13.6. The summed E-state index contributed by atoms with van der Waals surface area (Å²) < 4.78 is 41.4. The summed E-state index contributed by atoms with van der Waals surface area (Å²) >= 11 is 9.03. The second kappa shape index (κ2) is 6.68. The highest BCUT2D eigenvalue weighted by molar-refractivity contribution is 9.10. The van der Waals surface area contributed by atoms with Gasteiger partial charge in [0, 0.05) is 15.1 Å². The van der Waals surface area contributed by atoms with E-state index in [1.807, 2.05) is 0 Å². The number of halogens is 5. The minimum atomic E-state index is -5.10. The SMILES string of the molecule is O=C(c1cccc(Cl)c1)N1N=C(c2ccc(Br)cc2)CC1(O)C(F)(F)F. The van der Waals surface area contributed by atoms with E-state index in [9.17, 15) is 23.1 Å². The van der Waals surface area contributed by atoms with Crippen molar-refractivity contribution in [2.75, 3.05) is 0 Å². The molecule has 0 aromatic heterocycles. The van der Waals surface area contributed by atoms with Gasteiger partial charge in [0.25, 0.3) is 11.6 Å². The van der Waals surface area contributed by atoms with Crippen LogP contribution in [0.5, 0.6) is 0 Å². The predicted molar refractivity (Wildman–Crippen MR) is 93.9 cm³/mol. The van der Waals surface area contributed by atoms with Crippen LogP contribution in [-0.2, 0) is 0 Å². The number of carbonyl (C=O) groups excluding carboxylic acids is 1. The van der Waals surface area contributed by atoms with E-state index in [0.29, 0.717) is 5.56 Å². The molecule has 0 bridgehead atoms. The van der Waals surface area contributed by atoms with Crippen LogP contribution in [0.15, 0.2) is 58.1 Å². The van der Waals surface area contributed by atoms with Crippen LogP contribution in [0, 0.1) is 0 Å². The predicted octanol–water partition coefficient (Wildman–Crippen LogP) is 4.60. The molecule has 0 spiro atoms. The first-order chi connectivity index (χ1) is 12.1. The highest BCUT2D eigenvalue weighted by Gasteiger charge is 2.63. The number of amides is 1. The fourth-order valence-corrected chi connectivity index (χ4v) is 2.98. The smallest absolute Gasteiger partial charge is 0.362 e. The summed E-state index contributed by atoms with van der Waals surface area (Å²) in [6.07, 6.45) is -5.97. The van der Waals surface area contributed by atoms with Gasteiger partial charge in [-0.15, -0.1) is 0 Å². The van der Waals surface area contributed by atoms with Crippen molar-refractivity contribution in [2.45, 2.75) is 18.3 Å². The molecule has 0 saturated heterocycles. The number of alkyl halides is 3. The highest BCUT2D eigenvalue weighted by Crippen LogP contribution is 2.42. The van der Waals surface area contributed by atoms with E-state index in [2.05, 4.69) is 21.0 Å². The topological polar surface area (TPSA) is 52.9 Å². The molecule has 1 aliphatic rings. The van der Waals surface area contributed by atoms with E-state index in [0.717, 1.165) is 4.47 Å². The molecule has 1 amide bonds. The maximum Gasteiger partial charge on any atom is 0.438 e. The van der Waals surface area contributed by atoms with Crippen molar-refractivity contribution in [1.29, 1.82) is 0 Å². The van der Waals surface area contributed by atoms with Gasteiger partial charge in [0.1, 0.15) is 0 Å². The lowest BCUT2D eigenvalue weighted by molar-refractivity contribution is -0.297. The monoisotopic (exact) mass is 446 g/mol. The number of nitrogens with zero attached hydrogens (tertiary/aromatic N) is 2. The Morgan fingerprint density at radius 1 is 1.23 bits per heavy atom. The highest BCUT2D eigenvalue weighted by atomic mass is 79.9. The molecule has 136 valence electrons. The zero-order valence-corrected chi connectivity index (χ0v) is 15.3. The zero-order chi connectivity index (χ0) is 19.1. The summed E-state index contributed by atoms with van der Waals surface area (Å²) in [5.41, 5.74) is -3.22. The number of hydrogen-bond donors (Lipinski definition) is 1. The molecule has 1 unspecified atom stereocenters. The summed E-state index contributed by atoms with van der Waals surface area (Å²) in [6, 6.07) is 11.8. The molecular formula is C17H11BrClF3N2O2. The number of rotatable bonds is 2. The molecule has 1 N–H and O–H groups in total. The lowest BCUT2D eigenvalue weighted by Crippen LogP contribution is -2.56. The number of carbonyl (C=O) groups is 1. The van der Waals surface area contributed by atoms with Crippen molar-refractivity contribution in [2.24, 2.45) is 5.10 Å². The van der Waals surface area contributed by atoms with Crippen LogP contribution in [0.2, 0.25) is 5.02 Å². The van der Waals surface area contributed by atoms with Crippen molar-refractivity contribution >= 4 is 39.1 Å². The van der Waals surface area contributed by atoms with Gasteiger partial charge < -0.3 is 5.11 Å². The third kappa shape index (κ3) is 3.36. The van der Waals surface area contributed by atoms with Gasteiger partial charge >= 0.3 is 6.18 Å². The van der Waals surface area contributed by atoms with Gasteiger partial charge in [0.2, 0.25) is 0 Å². The van der Waals surface area contributed by atoms with E-state index >= 15 is 0 Å². The van der Waals surface area contributed by atoms with Crippen LogP contribution in [0.25, 0.3) is 0 Å². The Labute approximate surface area is 160 Å². The zero-order valence-electron chi connectivity index (χ0n) is 13.0. The average molecular weight is 448 g/mol. The Balaban J connectivity index is 2.05. The lowest BCUT2D eigenvalue weighted by atomic mass is 10.0. The lowest BCUT2D eigenvalue weighted by Gasteiger charge is -2.32. The molecule has 4 nitrogen and oxygen atoms in total. The van der Waals surface area contributed by atoms with E-state index < -0.39 is 24.2 Å². The summed E-state index contributed by atoms with van der Waals surface area (Å²) in [5.74, 6) is -1.10. The Morgan fingerprint density at radius 2 is 1.88 bits per heavy atom. The van der Waals surface area contributed by atoms with Crippen LogP contribution >= 0.6 is 27.5 Å². The Bertz CT molecular complexity index is 886. The van der Waals surface area contributed by atoms with Crippen molar-refractivity contribution in [3.63, 3.8) is 0 Å². The summed E-state index contributed by atoms with van der Waals surface area (Å²) in [4.78, 5) is 12.6. The molecule has 1 heterocycles. The molecule has 9 heteroatoms. The maximum absolute atomic E-state index is 13.6. The second-order valence-corrected chi connectivity index (χ2v) is 7.02. The standard InChI is InChI=1S/C17H11BrClF3N2O2/c18-12-6-4-10(5-7-12)14-9-16(26,17(20,21)22)24(23-14)15(25)11-2-1-3-13(19)8-11/h1-8,26H,9H2. The molecule has 1 aliphatic heterocycles. The first-order valence-electron chi connectivity index (χ1n) is 7.34. The Kier molecular flexibility index (Phi) is 4.85. The number of hydrogen-bond acceptors (Lipinski definition) is 3. The van der Waals surface area contributed by atoms with E-state index in [1.165, 1.54) is 24.3 Å². The summed E-state index contributed by atoms with van der Waals surface area (Å²) in [7, 11) is 0. The van der Waals surface area contributed by atoms with Crippen molar-refractivity contribution in [3.05, 3.63) is 69.2 Å². The van der Waals surface area contributed by atoms with Crippen LogP contribution in [0.3, 0.4) is 0 Å².